The van der Waals surface area contributed by atoms with Gasteiger partial charge in [0.2, 0.25) is 0 Å². The number of benzene rings is 1. The van der Waals surface area contributed by atoms with Crippen LogP contribution in [0.3, 0.4) is 0 Å². The zero-order valence-corrected chi connectivity index (χ0v) is 16.9. The number of piperazine rings is 1. The Morgan fingerprint density at radius 1 is 1.15 bits per heavy atom. The first-order valence-electron chi connectivity index (χ1n) is 10.5. The summed E-state index contributed by atoms with van der Waals surface area (Å²) in [6.45, 7) is 8.46. The summed E-state index contributed by atoms with van der Waals surface area (Å²) in [4.78, 5) is 20.3. The van der Waals surface area contributed by atoms with Crippen molar-refractivity contribution in [2.75, 3.05) is 52.9 Å². The van der Waals surface area contributed by atoms with Crippen molar-refractivity contribution in [1.82, 2.24) is 14.7 Å². The molecule has 2 heterocycles. The fourth-order valence-corrected chi connectivity index (χ4v) is 4.68. The summed E-state index contributed by atoms with van der Waals surface area (Å²) in [6, 6.07) is 8.55. The van der Waals surface area contributed by atoms with Gasteiger partial charge in [-0.2, -0.15) is 0 Å². The number of hydrogen-bond donors (Lipinski definition) is 1. The smallest absolute Gasteiger partial charge is 0.254 e. The van der Waals surface area contributed by atoms with Gasteiger partial charge < -0.3 is 14.9 Å². The lowest BCUT2D eigenvalue weighted by Crippen LogP contribution is -2.57. The summed E-state index contributed by atoms with van der Waals surface area (Å²) in [5, 5.41) is 9.35. The van der Waals surface area contributed by atoms with Crippen LogP contribution in [0.15, 0.2) is 24.3 Å². The fourth-order valence-electron chi connectivity index (χ4n) is 4.68. The maximum atomic E-state index is 13.2. The number of aryl methyl sites for hydroxylation is 1. The van der Waals surface area contributed by atoms with Gasteiger partial charge in [-0.05, 0) is 50.3 Å². The number of likely N-dealkylation sites (N-methyl/N-ethyl adjacent to an activating group) is 1. The molecule has 0 unspecified atom stereocenters. The molecule has 5 nitrogen and oxygen atoms in total. The van der Waals surface area contributed by atoms with Gasteiger partial charge in [-0.3, -0.25) is 9.69 Å². The monoisotopic (exact) mass is 373 g/mol. The molecule has 0 radical (unpaired) electrons. The zero-order chi connectivity index (χ0) is 19.2. The number of piperidine rings is 1. The molecule has 2 aliphatic heterocycles. The topological polar surface area (TPSA) is 47.0 Å². The minimum absolute atomic E-state index is 0.179. The molecule has 3 rings (SSSR count). The molecular formula is C22H35N3O2. The average Bonchev–Trinajstić information content (AvgIpc) is 2.72. The highest BCUT2D eigenvalue weighted by Gasteiger charge is 2.36. The molecule has 0 spiro atoms. The highest BCUT2D eigenvalue weighted by Crippen LogP contribution is 2.28. The Morgan fingerprint density at radius 3 is 2.59 bits per heavy atom. The molecule has 27 heavy (non-hydrogen) atoms. The van der Waals surface area contributed by atoms with Gasteiger partial charge >= 0.3 is 0 Å². The van der Waals surface area contributed by atoms with Crippen molar-refractivity contribution < 1.29 is 9.90 Å². The van der Waals surface area contributed by atoms with E-state index in [1.807, 2.05) is 18.2 Å². The molecule has 2 aliphatic rings. The van der Waals surface area contributed by atoms with Crippen LogP contribution in [0.2, 0.25) is 0 Å². The van der Waals surface area contributed by atoms with Crippen LogP contribution in [-0.4, -0.2) is 84.7 Å². The van der Waals surface area contributed by atoms with Crippen LogP contribution >= 0.6 is 0 Å². The Kier molecular flexibility index (Phi) is 7.27. The van der Waals surface area contributed by atoms with Crippen LogP contribution in [-0.2, 0) is 6.42 Å². The van der Waals surface area contributed by atoms with Crippen LogP contribution in [0.5, 0.6) is 0 Å². The predicted octanol–water partition coefficient (Wildman–Crippen LogP) is 2.10. The number of rotatable bonds is 6. The van der Waals surface area contributed by atoms with E-state index in [0.717, 1.165) is 76.1 Å². The molecule has 0 aliphatic carbocycles. The largest absolute Gasteiger partial charge is 0.396 e. The van der Waals surface area contributed by atoms with Crippen molar-refractivity contribution >= 4 is 5.91 Å². The lowest BCUT2D eigenvalue weighted by Gasteiger charge is -2.46. The van der Waals surface area contributed by atoms with Gasteiger partial charge in [0.05, 0.1) is 0 Å². The minimum atomic E-state index is 0.179. The van der Waals surface area contributed by atoms with Crippen LogP contribution in [0.1, 0.15) is 42.1 Å². The quantitative estimate of drug-likeness (QED) is 0.830. The Morgan fingerprint density at radius 2 is 1.89 bits per heavy atom. The average molecular weight is 374 g/mol. The molecule has 2 saturated heterocycles. The maximum Gasteiger partial charge on any atom is 0.254 e. The SMILES string of the molecule is CCc1ccccc1C(=O)N1CC[C@@H](N2CCN(C)CC2)[C@@H](CCCO)C1. The van der Waals surface area contributed by atoms with E-state index in [1.54, 1.807) is 0 Å². The van der Waals surface area contributed by atoms with Gasteiger partial charge in [-0.25, -0.2) is 0 Å². The number of aliphatic hydroxyl groups is 1. The molecule has 0 aromatic heterocycles. The second-order valence-corrected chi connectivity index (χ2v) is 8.08. The third-order valence-electron chi connectivity index (χ3n) is 6.35. The minimum Gasteiger partial charge on any atom is -0.396 e. The van der Waals surface area contributed by atoms with Crippen molar-refractivity contribution in [2.45, 2.75) is 38.6 Å². The summed E-state index contributed by atoms with van der Waals surface area (Å²) in [7, 11) is 2.19. The summed E-state index contributed by atoms with van der Waals surface area (Å²) in [5.41, 5.74) is 1.99. The maximum absolute atomic E-state index is 13.2. The predicted molar refractivity (Wildman–Crippen MR) is 109 cm³/mol. The Bertz CT molecular complexity index is 613. The number of carbonyl (C=O) groups excluding carboxylic acids is 1. The number of likely N-dealkylation sites (tertiary alicyclic amines) is 1. The van der Waals surface area contributed by atoms with E-state index in [0.29, 0.717) is 12.0 Å². The Hall–Kier alpha value is -1.43. The number of aliphatic hydroxyl groups excluding tert-OH is 1. The summed E-state index contributed by atoms with van der Waals surface area (Å²) in [5.74, 6) is 0.630. The first kappa shape index (κ1) is 20.3. The van der Waals surface area contributed by atoms with Crippen molar-refractivity contribution in [2.24, 2.45) is 5.92 Å². The lowest BCUT2D eigenvalue weighted by atomic mass is 9.86. The van der Waals surface area contributed by atoms with Crippen LogP contribution < -0.4 is 0 Å². The van der Waals surface area contributed by atoms with Crippen molar-refractivity contribution in [3.63, 3.8) is 0 Å². The number of amides is 1. The summed E-state index contributed by atoms with van der Waals surface area (Å²) < 4.78 is 0. The van der Waals surface area contributed by atoms with Crippen molar-refractivity contribution in [1.29, 1.82) is 0 Å². The zero-order valence-electron chi connectivity index (χ0n) is 16.9. The van der Waals surface area contributed by atoms with Gasteiger partial charge in [0.15, 0.2) is 0 Å². The van der Waals surface area contributed by atoms with E-state index in [-0.39, 0.29) is 12.5 Å². The first-order valence-corrected chi connectivity index (χ1v) is 10.5. The molecular weight excluding hydrogens is 338 g/mol. The molecule has 2 atom stereocenters. The number of carbonyl (C=O) groups is 1. The van der Waals surface area contributed by atoms with Gasteiger partial charge in [-0.1, -0.05) is 25.1 Å². The van der Waals surface area contributed by atoms with Gasteiger partial charge in [0.25, 0.3) is 5.91 Å². The van der Waals surface area contributed by atoms with Gasteiger partial charge in [0.1, 0.15) is 0 Å². The summed E-state index contributed by atoms with van der Waals surface area (Å²) in [6.07, 6.45) is 3.74. The third-order valence-corrected chi connectivity index (χ3v) is 6.35. The highest BCUT2D eigenvalue weighted by atomic mass is 16.3. The molecule has 150 valence electrons. The van der Waals surface area contributed by atoms with Crippen LogP contribution in [0, 0.1) is 5.92 Å². The molecule has 0 saturated carbocycles. The number of hydrogen-bond acceptors (Lipinski definition) is 4. The van der Waals surface area contributed by atoms with E-state index in [4.69, 9.17) is 0 Å². The van der Waals surface area contributed by atoms with E-state index in [1.165, 1.54) is 0 Å². The summed E-state index contributed by atoms with van der Waals surface area (Å²) >= 11 is 0. The van der Waals surface area contributed by atoms with E-state index in [9.17, 15) is 9.90 Å². The lowest BCUT2D eigenvalue weighted by molar-refractivity contribution is 0.0217. The first-order chi connectivity index (χ1) is 13.1. The van der Waals surface area contributed by atoms with Crippen molar-refractivity contribution in [3.05, 3.63) is 35.4 Å². The molecule has 1 N–H and O–H groups in total. The fraction of sp³-hybridized carbons (Fsp3) is 0.682. The molecule has 1 amide bonds. The Labute approximate surface area is 163 Å². The van der Waals surface area contributed by atoms with Crippen LogP contribution in [0.4, 0.5) is 0 Å². The normalized spacial score (nSPS) is 24.9. The third kappa shape index (κ3) is 4.89. The number of nitrogens with zero attached hydrogens (tertiary/aromatic N) is 3. The molecule has 2 fully saturated rings. The van der Waals surface area contributed by atoms with Gasteiger partial charge in [0, 0.05) is 57.5 Å². The Balaban J connectivity index is 1.70. The van der Waals surface area contributed by atoms with Crippen LogP contribution in [0.25, 0.3) is 0 Å². The van der Waals surface area contributed by atoms with E-state index in [2.05, 4.69) is 34.7 Å². The van der Waals surface area contributed by atoms with Crippen molar-refractivity contribution in [3.8, 4) is 0 Å². The van der Waals surface area contributed by atoms with Gasteiger partial charge in [-0.15, -0.1) is 0 Å². The highest BCUT2D eigenvalue weighted by molar-refractivity contribution is 5.95. The van der Waals surface area contributed by atoms with E-state index < -0.39 is 0 Å². The molecule has 1 aromatic rings. The van der Waals surface area contributed by atoms with E-state index >= 15 is 0 Å². The molecule has 5 heteroatoms. The second-order valence-electron chi connectivity index (χ2n) is 8.08. The standard InChI is InChI=1S/C22H35N3O2/c1-3-18-7-4-5-9-20(18)22(27)25-11-10-21(19(17-25)8-6-16-26)24-14-12-23(2)13-15-24/h4-5,7,9,19,21,26H,3,6,8,10-17H2,1-2H3/t19-,21+/m0/s1. The molecule has 0 bridgehead atoms. The molecule has 1 aromatic carbocycles. The second kappa shape index (κ2) is 9.67.